The highest BCUT2D eigenvalue weighted by molar-refractivity contribution is 6.09. The number of aryl methyl sites for hydroxylation is 1. The van der Waals surface area contributed by atoms with Crippen LogP contribution in [0.5, 0.6) is 11.5 Å². The standard InChI is InChI=1S/C53H43N5O/c1-36-50(59-41-26-27-45-44-20-11-12-23-46(44)58(49(45)32-41)51-30-37(28-29-54-51)33-53(2,3)4)31-40(34-55-36)56-35-57(48-25-14-13-24-47(48)56)52-42(38-16-7-5-8-17-38)21-15-22-43(52)39-18-9-6-10-19-39/h5-32,34H,33H2,1-4H3/i5D,6D,7D,8D,9D,10D,16D,17D,18D,19D,33D2. The minimum absolute atomic E-state index is 0.129. The van der Waals surface area contributed by atoms with Crippen LogP contribution >= 0.6 is 0 Å². The number of hydrogen-bond donors (Lipinski definition) is 0. The summed E-state index contributed by atoms with van der Waals surface area (Å²) in [5.41, 5.74) is 3.73. The Balaban J connectivity index is 1.15. The number of fused-ring (bicyclic) bond motifs is 4. The van der Waals surface area contributed by atoms with Crippen molar-refractivity contribution in [1.29, 1.82) is 0 Å². The molecule has 0 radical (unpaired) electrons. The van der Waals surface area contributed by atoms with Gasteiger partial charge in [0.05, 0.1) is 52.8 Å². The normalized spacial score (nSPS) is 14.9. The number of rotatable bonds is 8. The van der Waals surface area contributed by atoms with Gasteiger partial charge in [-0.15, -0.1) is 0 Å². The molecular formula is C53H43N5O. The number of nitrogens with zero attached hydrogens (tertiary/aromatic N) is 5. The third-order valence-corrected chi connectivity index (χ3v) is 10.0. The third-order valence-electron chi connectivity index (χ3n) is 10.0. The molecule has 0 aliphatic rings. The zero-order valence-electron chi connectivity index (χ0n) is 44.6. The quantitative estimate of drug-likeness (QED) is 0.114. The van der Waals surface area contributed by atoms with Gasteiger partial charge in [0.25, 0.3) is 6.33 Å². The molecule has 0 unspecified atom stereocenters. The van der Waals surface area contributed by atoms with Gasteiger partial charge in [0.1, 0.15) is 17.3 Å². The van der Waals surface area contributed by atoms with Gasteiger partial charge >= 0.3 is 0 Å². The lowest BCUT2D eigenvalue weighted by molar-refractivity contribution is -0.571. The first kappa shape index (κ1) is 25.1. The average Bonchev–Trinajstić information content (AvgIpc) is 3.90. The summed E-state index contributed by atoms with van der Waals surface area (Å²) in [5.74, 6) is 1.43. The predicted octanol–water partition coefficient (Wildman–Crippen LogP) is 12.6. The molecule has 0 aliphatic carbocycles. The average molecular weight is 778 g/mol. The summed E-state index contributed by atoms with van der Waals surface area (Å²) in [7, 11) is 0. The number of ether oxygens (including phenoxy) is 1. The van der Waals surface area contributed by atoms with Gasteiger partial charge in [-0.2, -0.15) is 0 Å². The van der Waals surface area contributed by atoms with E-state index in [1.54, 1.807) is 70.1 Å². The van der Waals surface area contributed by atoms with E-state index in [1.165, 1.54) is 0 Å². The molecule has 6 nitrogen and oxygen atoms in total. The molecular weight excluding hydrogens is 723 g/mol. The van der Waals surface area contributed by atoms with Crippen molar-refractivity contribution < 1.29 is 25.8 Å². The van der Waals surface area contributed by atoms with E-state index in [1.807, 2.05) is 86.9 Å². The number of pyridine rings is 2. The Morgan fingerprint density at radius 2 is 1.39 bits per heavy atom. The van der Waals surface area contributed by atoms with Crippen molar-refractivity contribution in [2.45, 2.75) is 34.1 Å². The third kappa shape index (κ3) is 6.72. The molecule has 4 heterocycles. The first-order valence-corrected chi connectivity index (χ1v) is 19.1. The Morgan fingerprint density at radius 1 is 0.712 bits per heavy atom. The minimum atomic E-state index is -1.66. The maximum Gasteiger partial charge on any atom is 0.269 e. The van der Waals surface area contributed by atoms with Crippen LogP contribution in [-0.2, 0) is 6.37 Å². The Bertz CT molecular complexity index is 3710. The molecule has 0 spiro atoms. The highest BCUT2D eigenvalue weighted by Crippen LogP contribution is 2.37. The molecule has 6 aromatic carbocycles. The van der Waals surface area contributed by atoms with Crippen molar-refractivity contribution in [3.63, 3.8) is 0 Å². The molecule has 0 aliphatic heterocycles. The van der Waals surface area contributed by atoms with Crippen LogP contribution in [0.15, 0.2) is 176 Å². The summed E-state index contributed by atoms with van der Waals surface area (Å²) in [5, 5.41) is 1.92. The van der Waals surface area contributed by atoms with E-state index in [9.17, 15) is 0 Å². The van der Waals surface area contributed by atoms with Gasteiger partial charge in [-0.3, -0.25) is 18.7 Å². The monoisotopic (exact) mass is 777 g/mol. The molecule has 0 fully saturated rings. The largest absolute Gasteiger partial charge is 0.456 e. The van der Waals surface area contributed by atoms with E-state index >= 15 is 0 Å². The lowest BCUT2D eigenvalue weighted by Gasteiger charge is -2.18. The highest BCUT2D eigenvalue weighted by Gasteiger charge is 2.21. The first-order valence-electron chi connectivity index (χ1n) is 25.1. The Kier molecular flexibility index (Phi) is 6.21. The van der Waals surface area contributed by atoms with Crippen LogP contribution in [0.4, 0.5) is 0 Å². The second-order valence-corrected chi connectivity index (χ2v) is 15.1. The summed E-state index contributed by atoms with van der Waals surface area (Å²) < 4.78 is 117. The molecule has 6 heteroatoms. The van der Waals surface area contributed by atoms with Crippen molar-refractivity contribution in [3.8, 4) is 50.9 Å². The van der Waals surface area contributed by atoms with Gasteiger partial charge < -0.3 is 4.74 Å². The SMILES string of the molecule is [2H]c1c([2H])c([2H])c(-c2cccc(-c3c([2H])c([2H])c([2H])c([2H])c3[2H])c2-[n+]2[c-]n(-c3cnc(C)c(Oc4ccc5c6ccccc6n(-c6cc(C([2H])([2H])C(C)(C)C)ccn6)c5c4)c3)c3ccccc32)c([2H])c1[2H]. The smallest absolute Gasteiger partial charge is 0.269 e. The summed E-state index contributed by atoms with van der Waals surface area (Å²) in [6.45, 7) is 7.42. The lowest BCUT2D eigenvalue weighted by Crippen LogP contribution is -2.31. The van der Waals surface area contributed by atoms with E-state index in [0.717, 1.165) is 21.8 Å². The van der Waals surface area contributed by atoms with E-state index in [4.69, 9.17) is 31.2 Å². The maximum atomic E-state index is 9.01. The van der Waals surface area contributed by atoms with Gasteiger partial charge in [-0.1, -0.05) is 142 Å². The molecule has 0 N–H and O–H groups in total. The summed E-state index contributed by atoms with van der Waals surface area (Å²) in [4.78, 5) is 9.48. The van der Waals surface area contributed by atoms with Crippen molar-refractivity contribution >= 4 is 32.8 Å². The first-order chi connectivity index (χ1) is 33.7. The zero-order valence-corrected chi connectivity index (χ0v) is 32.6. The van der Waals surface area contributed by atoms with E-state index < -0.39 is 72.2 Å². The Morgan fingerprint density at radius 3 is 2.12 bits per heavy atom. The van der Waals surface area contributed by atoms with Crippen LogP contribution in [0, 0.1) is 18.7 Å². The minimum Gasteiger partial charge on any atom is -0.456 e. The van der Waals surface area contributed by atoms with Crippen LogP contribution in [0.2, 0.25) is 0 Å². The maximum absolute atomic E-state index is 9.01. The second kappa shape index (κ2) is 14.6. The Labute approximate surface area is 361 Å². The fourth-order valence-electron chi connectivity index (χ4n) is 7.54. The van der Waals surface area contributed by atoms with E-state index in [2.05, 4.69) is 6.33 Å². The summed E-state index contributed by atoms with van der Waals surface area (Å²) >= 11 is 0. The number of para-hydroxylation sites is 4. The summed E-state index contributed by atoms with van der Waals surface area (Å²) in [6, 6.07) is 25.6. The highest BCUT2D eigenvalue weighted by atomic mass is 16.5. The van der Waals surface area contributed by atoms with Crippen LogP contribution in [0.1, 0.15) is 48.5 Å². The molecule has 10 aromatic rings. The van der Waals surface area contributed by atoms with Crippen LogP contribution in [0.25, 0.3) is 72.3 Å². The van der Waals surface area contributed by atoms with Crippen molar-refractivity contribution in [1.82, 2.24) is 19.1 Å². The molecule has 0 bridgehead atoms. The van der Waals surface area contributed by atoms with Gasteiger partial charge in [0.2, 0.25) is 0 Å². The van der Waals surface area contributed by atoms with Gasteiger partial charge in [0.15, 0.2) is 0 Å². The predicted molar refractivity (Wildman–Crippen MR) is 239 cm³/mol. The molecule has 59 heavy (non-hydrogen) atoms. The fourth-order valence-corrected chi connectivity index (χ4v) is 7.54. The lowest BCUT2D eigenvalue weighted by atomic mass is 9.88. The Hall–Kier alpha value is -7.31. The molecule has 286 valence electrons. The van der Waals surface area contributed by atoms with Gasteiger partial charge in [-0.05, 0) is 82.9 Å². The number of aromatic nitrogens is 5. The zero-order chi connectivity index (χ0) is 50.6. The van der Waals surface area contributed by atoms with E-state index in [0.29, 0.717) is 45.3 Å². The fraction of sp³-hybridized carbons (Fsp3) is 0.113. The summed E-state index contributed by atoms with van der Waals surface area (Å²) in [6.07, 6.45) is 5.01. The number of hydrogen-bond acceptors (Lipinski definition) is 3. The van der Waals surface area contributed by atoms with Gasteiger partial charge in [-0.25, -0.2) is 4.98 Å². The molecule has 4 aromatic heterocycles. The van der Waals surface area contributed by atoms with Crippen molar-refractivity contribution in [3.05, 3.63) is 194 Å². The van der Waals surface area contributed by atoms with Gasteiger partial charge in [0, 0.05) is 32.0 Å². The van der Waals surface area contributed by atoms with Crippen LogP contribution in [0.3, 0.4) is 0 Å². The number of benzene rings is 6. The molecule has 10 rings (SSSR count). The van der Waals surface area contributed by atoms with E-state index in [-0.39, 0.29) is 27.9 Å². The second-order valence-electron chi connectivity index (χ2n) is 15.1. The van der Waals surface area contributed by atoms with Crippen molar-refractivity contribution in [2.75, 3.05) is 0 Å². The molecule has 0 atom stereocenters. The van der Waals surface area contributed by atoms with Crippen LogP contribution < -0.4 is 9.30 Å². The molecule has 0 amide bonds. The molecule has 0 saturated heterocycles. The molecule has 0 saturated carbocycles. The number of imidazole rings is 1. The van der Waals surface area contributed by atoms with Crippen molar-refractivity contribution in [2.24, 2.45) is 5.41 Å². The topological polar surface area (TPSA) is 48.8 Å². The van der Waals surface area contributed by atoms with Crippen LogP contribution in [-0.4, -0.2) is 19.1 Å².